The molecule has 0 spiro atoms. The number of nitrogens with zero attached hydrogens (tertiary/aromatic N) is 1. The van der Waals surface area contributed by atoms with Crippen molar-refractivity contribution in [1.82, 2.24) is 4.98 Å². The Hall–Kier alpha value is -1.83. The molecule has 2 nitrogen and oxygen atoms in total. The summed E-state index contributed by atoms with van der Waals surface area (Å²) in [7, 11) is 0. The number of pyridine rings is 1. The molecule has 0 saturated heterocycles. The number of aryl methyl sites for hydroxylation is 2. The number of hydrogen-bond donors (Lipinski definition) is 1. The molecule has 1 aromatic heterocycles. The summed E-state index contributed by atoms with van der Waals surface area (Å²) in [4.78, 5) is 4.39. The zero-order valence-electron chi connectivity index (χ0n) is 10.4. The van der Waals surface area contributed by atoms with Gasteiger partial charge >= 0.3 is 0 Å². The number of anilines is 1. The van der Waals surface area contributed by atoms with Gasteiger partial charge in [-0.05, 0) is 36.6 Å². The Kier molecular flexibility index (Phi) is 3.76. The van der Waals surface area contributed by atoms with Crippen molar-refractivity contribution >= 4 is 5.69 Å². The molecular weight excluding hydrogens is 208 g/mol. The topological polar surface area (TPSA) is 24.9 Å². The molecule has 2 aromatic rings. The highest BCUT2D eigenvalue weighted by atomic mass is 14.9. The summed E-state index contributed by atoms with van der Waals surface area (Å²) in [6, 6.07) is 12.6. The highest BCUT2D eigenvalue weighted by molar-refractivity contribution is 5.51. The van der Waals surface area contributed by atoms with Crippen LogP contribution < -0.4 is 5.32 Å². The van der Waals surface area contributed by atoms with E-state index >= 15 is 0 Å². The van der Waals surface area contributed by atoms with Crippen molar-refractivity contribution in [2.45, 2.75) is 26.8 Å². The highest BCUT2D eigenvalue weighted by Gasteiger charge is 1.99. The molecule has 0 aliphatic rings. The Balaban J connectivity index is 2.04. The standard InChI is InChI=1S/C15H18N2/c1-3-13-6-4-5-7-15(13)17-11-14-9-8-12(2)10-16-14/h4-10,17H,3,11H2,1-2H3. The second kappa shape index (κ2) is 5.48. The molecule has 88 valence electrons. The summed E-state index contributed by atoms with van der Waals surface area (Å²) >= 11 is 0. The van der Waals surface area contributed by atoms with Crippen LogP contribution in [0.1, 0.15) is 23.7 Å². The molecule has 0 atom stereocenters. The molecule has 1 aromatic carbocycles. The van der Waals surface area contributed by atoms with E-state index in [1.165, 1.54) is 16.8 Å². The van der Waals surface area contributed by atoms with Gasteiger partial charge in [-0.15, -0.1) is 0 Å². The van der Waals surface area contributed by atoms with E-state index in [4.69, 9.17) is 0 Å². The van der Waals surface area contributed by atoms with Gasteiger partial charge in [-0.2, -0.15) is 0 Å². The van der Waals surface area contributed by atoms with Crippen LogP contribution in [0.25, 0.3) is 0 Å². The van der Waals surface area contributed by atoms with Crippen molar-refractivity contribution in [3.63, 3.8) is 0 Å². The van der Waals surface area contributed by atoms with Gasteiger partial charge in [-0.3, -0.25) is 4.98 Å². The van der Waals surface area contributed by atoms with Crippen LogP contribution in [-0.4, -0.2) is 4.98 Å². The molecule has 0 bridgehead atoms. The fraction of sp³-hybridized carbons (Fsp3) is 0.267. The molecule has 1 N–H and O–H groups in total. The van der Waals surface area contributed by atoms with Crippen LogP contribution >= 0.6 is 0 Å². The predicted octanol–water partition coefficient (Wildman–Crippen LogP) is 3.56. The van der Waals surface area contributed by atoms with Crippen LogP contribution in [0.2, 0.25) is 0 Å². The molecule has 0 saturated carbocycles. The zero-order valence-corrected chi connectivity index (χ0v) is 10.4. The average molecular weight is 226 g/mol. The Labute approximate surface area is 103 Å². The molecule has 2 rings (SSSR count). The molecule has 0 amide bonds. The summed E-state index contributed by atoms with van der Waals surface area (Å²) < 4.78 is 0. The van der Waals surface area contributed by atoms with Crippen LogP contribution in [0.15, 0.2) is 42.6 Å². The first-order chi connectivity index (χ1) is 8.29. The summed E-state index contributed by atoms with van der Waals surface area (Å²) in [5.74, 6) is 0. The number of rotatable bonds is 4. The summed E-state index contributed by atoms with van der Waals surface area (Å²) in [6.45, 7) is 5.00. The van der Waals surface area contributed by atoms with E-state index in [1.54, 1.807) is 0 Å². The van der Waals surface area contributed by atoms with Crippen molar-refractivity contribution in [2.75, 3.05) is 5.32 Å². The number of nitrogens with one attached hydrogen (secondary N) is 1. The lowest BCUT2D eigenvalue weighted by molar-refractivity contribution is 1.02. The predicted molar refractivity (Wildman–Crippen MR) is 72.1 cm³/mol. The second-order valence-electron chi connectivity index (χ2n) is 4.19. The van der Waals surface area contributed by atoms with Gasteiger partial charge < -0.3 is 5.32 Å². The molecule has 0 fully saturated rings. The molecule has 0 radical (unpaired) electrons. The van der Waals surface area contributed by atoms with E-state index < -0.39 is 0 Å². The van der Waals surface area contributed by atoms with Crippen LogP contribution in [0, 0.1) is 6.92 Å². The minimum atomic E-state index is 0.775. The number of para-hydroxylation sites is 1. The fourth-order valence-corrected chi connectivity index (χ4v) is 1.79. The monoisotopic (exact) mass is 226 g/mol. The summed E-state index contributed by atoms with van der Waals surface area (Å²) in [5, 5.41) is 3.44. The Morgan fingerprint density at radius 1 is 1.12 bits per heavy atom. The van der Waals surface area contributed by atoms with Gasteiger partial charge in [0.2, 0.25) is 0 Å². The van der Waals surface area contributed by atoms with Gasteiger partial charge in [0.05, 0.1) is 12.2 Å². The molecule has 1 heterocycles. The SMILES string of the molecule is CCc1ccccc1NCc1ccc(C)cn1. The maximum Gasteiger partial charge on any atom is 0.0594 e. The Morgan fingerprint density at radius 2 is 1.94 bits per heavy atom. The third kappa shape index (κ3) is 3.06. The van der Waals surface area contributed by atoms with E-state index in [1.807, 2.05) is 6.20 Å². The number of benzene rings is 1. The Bertz CT molecular complexity index is 475. The van der Waals surface area contributed by atoms with Gasteiger partial charge in [0.15, 0.2) is 0 Å². The summed E-state index contributed by atoms with van der Waals surface area (Å²) in [6.07, 6.45) is 2.95. The average Bonchev–Trinajstić information content (AvgIpc) is 2.38. The van der Waals surface area contributed by atoms with Crippen LogP contribution in [-0.2, 0) is 13.0 Å². The number of aromatic nitrogens is 1. The molecular formula is C15H18N2. The van der Waals surface area contributed by atoms with Gasteiger partial charge in [0.1, 0.15) is 0 Å². The van der Waals surface area contributed by atoms with Crippen LogP contribution in [0.3, 0.4) is 0 Å². The van der Waals surface area contributed by atoms with Crippen molar-refractivity contribution in [1.29, 1.82) is 0 Å². The first-order valence-corrected chi connectivity index (χ1v) is 6.03. The van der Waals surface area contributed by atoms with Crippen LogP contribution in [0.5, 0.6) is 0 Å². The van der Waals surface area contributed by atoms with E-state index in [2.05, 4.69) is 60.5 Å². The quantitative estimate of drug-likeness (QED) is 0.862. The van der Waals surface area contributed by atoms with Gasteiger partial charge in [0, 0.05) is 11.9 Å². The second-order valence-corrected chi connectivity index (χ2v) is 4.19. The van der Waals surface area contributed by atoms with Gasteiger partial charge in [0.25, 0.3) is 0 Å². The van der Waals surface area contributed by atoms with E-state index in [0.717, 1.165) is 18.7 Å². The van der Waals surface area contributed by atoms with Crippen molar-refractivity contribution < 1.29 is 0 Å². The maximum absolute atomic E-state index is 4.39. The lowest BCUT2D eigenvalue weighted by Crippen LogP contribution is -2.03. The Morgan fingerprint density at radius 3 is 2.65 bits per heavy atom. The largest absolute Gasteiger partial charge is 0.379 e. The molecule has 2 heteroatoms. The van der Waals surface area contributed by atoms with Crippen molar-refractivity contribution in [3.8, 4) is 0 Å². The zero-order chi connectivity index (χ0) is 12.1. The molecule has 0 unspecified atom stereocenters. The van der Waals surface area contributed by atoms with Crippen molar-refractivity contribution in [2.24, 2.45) is 0 Å². The smallest absolute Gasteiger partial charge is 0.0594 e. The molecule has 0 aliphatic heterocycles. The van der Waals surface area contributed by atoms with Crippen LogP contribution in [0.4, 0.5) is 5.69 Å². The third-order valence-corrected chi connectivity index (χ3v) is 2.83. The van der Waals surface area contributed by atoms with E-state index in [0.29, 0.717) is 0 Å². The number of hydrogen-bond acceptors (Lipinski definition) is 2. The maximum atomic E-state index is 4.39. The summed E-state index contributed by atoms with van der Waals surface area (Å²) in [5.41, 5.74) is 4.82. The van der Waals surface area contributed by atoms with Gasteiger partial charge in [-0.25, -0.2) is 0 Å². The van der Waals surface area contributed by atoms with Gasteiger partial charge in [-0.1, -0.05) is 31.2 Å². The van der Waals surface area contributed by atoms with E-state index in [-0.39, 0.29) is 0 Å². The highest BCUT2D eigenvalue weighted by Crippen LogP contribution is 2.16. The molecule has 17 heavy (non-hydrogen) atoms. The minimum Gasteiger partial charge on any atom is -0.379 e. The molecule has 0 aliphatic carbocycles. The third-order valence-electron chi connectivity index (χ3n) is 2.83. The first-order valence-electron chi connectivity index (χ1n) is 6.03. The fourth-order valence-electron chi connectivity index (χ4n) is 1.79. The first kappa shape index (κ1) is 11.6. The lowest BCUT2D eigenvalue weighted by Gasteiger charge is -2.10. The lowest BCUT2D eigenvalue weighted by atomic mass is 10.1. The van der Waals surface area contributed by atoms with E-state index in [9.17, 15) is 0 Å². The van der Waals surface area contributed by atoms with Crippen molar-refractivity contribution in [3.05, 3.63) is 59.4 Å². The minimum absolute atomic E-state index is 0.775. The normalized spacial score (nSPS) is 10.2.